The molecule has 3 nitrogen and oxygen atoms in total. The zero-order valence-corrected chi connectivity index (χ0v) is 9.66. The summed E-state index contributed by atoms with van der Waals surface area (Å²) in [5.41, 5.74) is 4.17. The van der Waals surface area contributed by atoms with Crippen LogP contribution in [-0.2, 0) is 4.79 Å². The molecule has 0 fully saturated rings. The normalized spacial score (nSPS) is 10.2. The molecule has 3 heteroatoms. The van der Waals surface area contributed by atoms with Gasteiger partial charge in [-0.25, -0.2) is 0 Å². The summed E-state index contributed by atoms with van der Waals surface area (Å²) in [5.74, 6) is -0.287. The molecule has 1 aromatic carbocycles. The average molecular weight is 207 g/mol. The second-order valence-corrected chi connectivity index (χ2v) is 3.86. The predicted octanol–water partition coefficient (Wildman–Crippen LogP) is 1.57. The lowest BCUT2D eigenvalue weighted by molar-refractivity contribution is -0.120. The molecule has 0 aromatic heterocycles. The average Bonchev–Trinajstić information content (AvgIpc) is 2.14. The minimum Gasteiger partial charge on any atom is -0.387 e. The summed E-state index contributed by atoms with van der Waals surface area (Å²) in [6, 6.07) is 4.06. The Morgan fingerprint density at radius 2 is 1.73 bits per heavy atom. The van der Waals surface area contributed by atoms with Gasteiger partial charge in [-0.05, 0) is 31.9 Å². The largest absolute Gasteiger partial charge is 0.387 e. The van der Waals surface area contributed by atoms with Gasteiger partial charge in [-0.3, -0.25) is 4.79 Å². The highest BCUT2D eigenvalue weighted by molar-refractivity contribution is 5.95. The molecule has 0 radical (unpaired) electrons. The molecule has 0 heterocycles. The molecule has 1 aromatic rings. The van der Waals surface area contributed by atoms with E-state index in [1.807, 2.05) is 32.9 Å². The molecule has 0 aliphatic rings. The second kappa shape index (κ2) is 4.45. The molecule has 0 aliphatic carbocycles. The number of aliphatic hydroxyl groups excluding tert-OH is 1. The SMILES string of the molecule is Cc1cc(C)c(N(C)C(=O)CO)c(C)c1. The molecule has 0 saturated carbocycles. The van der Waals surface area contributed by atoms with Crippen molar-refractivity contribution in [1.29, 1.82) is 0 Å². The zero-order valence-electron chi connectivity index (χ0n) is 9.66. The third kappa shape index (κ3) is 2.36. The fraction of sp³-hybridized carbons (Fsp3) is 0.417. The van der Waals surface area contributed by atoms with Gasteiger partial charge >= 0.3 is 0 Å². The molecule has 0 aliphatic heterocycles. The number of rotatable bonds is 2. The number of aliphatic hydroxyl groups is 1. The first kappa shape index (κ1) is 11.7. The van der Waals surface area contributed by atoms with Crippen LogP contribution in [0.15, 0.2) is 12.1 Å². The fourth-order valence-corrected chi connectivity index (χ4v) is 1.93. The van der Waals surface area contributed by atoms with Crippen molar-refractivity contribution in [2.24, 2.45) is 0 Å². The lowest BCUT2D eigenvalue weighted by atomic mass is 10.0. The van der Waals surface area contributed by atoms with Crippen molar-refractivity contribution in [1.82, 2.24) is 0 Å². The van der Waals surface area contributed by atoms with Crippen molar-refractivity contribution in [2.75, 3.05) is 18.6 Å². The van der Waals surface area contributed by atoms with Crippen molar-refractivity contribution < 1.29 is 9.90 Å². The number of likely N-dealkylation sites (N-methyl/N-ethyl adjacent to an activating group) is 1. The molecule has 1 amide bonds. The minimum absolute atomic E-state index is 0.287. The highest BCUT2D eigenvalue weighted by atomic mass is 16.3. The van der Waals surface area contributed by atoms with Gasteiger partial charge in [0.25, 0.3) is 5.91 Å². The van der Waals surface area contributed by atoms with Gasteiger partial charge in [-0.2, -0.15) is 0 Å². The third-order valence-corrected chi connectivity index (χ3v) is 2.48. The van der Waals surface area contributed by atoms with E-state index in [1.54, 1.807) is 7.05 Å². The van der Waals surface area contributed by atoms with Crippen molar-refractivity contribution in [2.45, 2.75) is 20.8 Å². The molecular weight excluding hydrogens is 190 g/mol. The molecule has 0 unspecified atom stereocenters. The summed E-state index contributed by atoms with van der Waals surface area (Å²) >= 11 is 0. The summed E-state index contributed by atoms with van der Waals surface area (Å²) in [6.07, 6.45) is 0. The Labute approximate surface area is 90.3 Å². The van der Waals surface area contributed by atoms with Crippen LogP contribution in [0.1, 0.15) is 16.7 Å². The number of carbonyl (C=O) groups excluding carboxylic acids is 1. The molecule has 1 N–H and O–H groups in total. The monoisotopic (exact) mass is 207 g/mol. The van der Waals surface area contributed by atoms with Gasteiger partial charge in [0.15, 0.2) is 0 Å². The number of aryl methyl sites for hydroxylation is 3. The Morgan fingerprint density at radius 3 is 2.13 bits per heavy atom. The van der Waals surface area contributed by atoms with Gasteiger partial charge in [0.2, 0.25) is 0 Å². The predicted molar refractivity (Wildman–Crippen MR) is 61.1 cm³/mol. The molecule has 0 bridgehead atoms. The molecule has 0 atom stereocenters. The first-order chi connectivity index (χ1) is 6.97. The van der Waals surface area contributed by atoms with Crippen LogP contribution < -0.4 is 4.90 Å². The van der Waals surface area contributed by atoms with Gasteiger partial charge in [-0.15, -0.1) is 0 Å². The van der Waals surface area contributed by atoms with E-state index in [9.17, 15) is 4.79 Å². The summed E-state index contributed by atoms with van der Waals surface area (Å²) in [4.78, 5) is 12.9. The molecule has 1 rings (SSSR count). The van der Waals surface area contributed by atoms with Gasteiger partial charge in [-0.1, -0.05) is 17.7 Å². The van der Waals surface area contributed by atoms with Crippen LogP contribution in [0.5, 0.6) is 0 Å². The Kier molecular flexibility index (Phi) is 3.48. The van der Waals surface area contributed by atoms with Crippen LogP contribution in [0.4, 0.5) is 5.69 Å². The second-order valence-electron chi connectivity index (χ2n) is 3.86. The Bertz CT molecular complexity index is 362. The van der Waals surface area contributed by atoms with Gasteiger partial charge in [0.05, 0.1) is 0 Å². The summed E-state index contributed by atoms with van der Waals surface area (Å²) in [5, 5.41) is 8.81. The lowest BCUT2D eigenvalue weighted by Gasteiger charge is -2.21. The van der Waals surface area contributed by atoms with Crippen molar-refractivity contribution in [3.05, 3.63) is 28.8 Å². The molecular formula is C12H17NO2. The maximum absolute atomic E-state index is 11.4. The van der Waals surface area contributed by atoms with Crippen LogP contribution >= 0.6 is 0 Å². The highest BCUT2D eigenvalue weighted by Crippen LogP contribution is 2.25. The quantitative estimate of drug-likeness (QED) is 0.799. The number of hydrogen-bond acceptors (Lipinski definition) is 2. The lowest BCUT2D eigenvalue weighted by Crippen LogP contribution is -2.30. The Morgan fingerprint density at radius 1 is 1.27 bits per heavy atom. The third-order valence-electron chi connectivity index (χ3n) is 2.48. The van der Waals surface area contributed by atoms with Crippen LogP contribution in [-0.4, -0.2) is 24.7 Å². The van der Waals surface area contributed by atoms with E-state index in [0.29, 0.717) is 0 Å². The fourth-order valence-electron chi connectivity index (χ4n) is 1.93. The molecule has 0 spiro atoms. The summed E-state index contributed by atoms with van der Waals surface area (Å²) < 4.78 is 0. The number of anilines is 1. The van der Waals surface area contributed by atoms with E-state index in [2.05, 4.69) is 0 Å². The summed E-state index contributed by atoms with van der Waals surface area (Å²) in [7, 11) is 1.68. The van der Waals surface area contributed by atoms with E-state index in [4.69, 9.17) is 5.11 Å². The zero-order chi connectivity index (χ0) is 11.6. The van der Waals surface area contributed by atoms with E-state index < -0.39 is 6.61 Å². The number of nitrogens with zero attached hydrogens (tertiary/aromatic N) is 1. The molecule has 0 saturated heterocycles. The molecule has 15 heavy (non-hydrogen) atoms. The minimum atomic E-state index is -0.455. The number of hydrogen-bond donors (Lipinski definition) is 1. The number of amides is 1. The van der Waals surface area contributed by atoms with E-state index in [-0.39, 0.29) is 5.91 Å². The van der Waals surface area contributed by atoms with Gasteiger partial charge < -0.3 is 10.0 Å². The van der Waals surface area contributed by atoms with Crippen molar-refractivity contribution in [3.8, 4) is 0 Å². The van der Waals surface area contributed by atoms with E-state index in [1.165, 1.54) is 10.5 Å². The van der Waals surface area contributed by atoms with Crippen LogP contribution in [0.25, 0.3) is 0 Å². The smallest absolute Gasteiger partial charge is 0.252 e. The first-order valence-corrected chi connectivity index (χ1v) is 4.92. The summed E-state index contributed by atoms with van der Waals surface area (Å²) in [6.45, 7) is 5.51. The Hall–Kier alpha value is -1.35. The van der Waals surface area contributed by atoms with E-state index >= 15 is 0 Å². The number of benzene rings is 1. The van der Waals surface area contributed by atoms with Crippen LogP contribution in [0.2, 0.25) is 0 Å². The number of carbonyl (C=O) groups is 1. The van der Waals surface area contributed by atoms with Crippen LogP contribution in [0.3, 0.4) is 0 Å². The first-order valence-electron chi connectivity index (χ1n) is 4.92. The van der Waals surface area contributed by atoms with Gasteiger partial charge in [0.1, 0.15) is 6.61 Å². The van der Waals surface area contributed by atoms with E-state index in [0.717, 1.165) is 16.8 Å². The van der Waals surface area contributed by atoms with Crippen molar-refractivity contribution in [3.63, 3.8) is 0 Å². The highest BCUT2D eigenvalue weighted by Gasteiger charge is 2.14. The standard InChI is InChI=1S/C12H17NO2/c1-8-5-9(2)12(10(3)6-8)13(4)11(15)7-14/h5-6,14H,7H2,1-4H3. The maximum Gasteiger partial charge on any atom is 0.252 e. The van der Waals surface area contributed by atoms with Gasteiger partial charge in [0, 0.05) is 12.7 Å². The van der Waals surface area contributed by atoms with Crippen molar-refractivity contribution >= 4 is 11.6 Å². The topological polar surface area (TPSA) is 40.5 Å². The van der Waals surface area contributed by atoms with Crippen LogP contribution in [0, 0.1) is 20.8 Å². The molecule has 82 valence electrons. The Balaban J connectivity index is 3.19. The maximum atomic E-state index is 11.4.